The summed E-state index contributed by atoms with van der Waals surface area (Å²) in [6, 6.07) is 15.0. The van der Waals surface area contributed by atoms with Gasteiger partial charge in [0.15, 0.2) is 12.0 Å². The van der Waals surface area contributed by atoms with E-state index in [4.69, 9.17) is 4.98 Å². The number of pyridine rings is 2. The van der Waals surface area contributed by atoms with Gasteiger partial charge in [-0.2, -0.15) is 0 Å². The molecular formula is C37H49F4N4O+. The van der Waals surface area contributed by atoms with Gasteiger partial charge in [-0.3, -0.25) is 9.97 Å². The van der Waals surface area contributed by atoms with Gasteiger partial charge >= 0.3 is 6.36 Å². The predicted molar refractivity (Wildman–Crippen MR) is 184 cm³/mol. The Balaban J connectivity index is 0.00000235. The third-order valence-electron chi connectivity index (χ3n) is 6.63. The molecule has 0 amide bonds. The zero-order valence-corrected chi connectivity index (χ0v) is 27.5. The lowest BCUT2D eigenvalue weighted by Crippen LogP contribution is -2.18. The molecule has 0 spiro atoms. The summed E-state index contributed by atoms with van der Waals surface area (Å²) in [5.74, 6) is 1.95. The lowest BCUT2D eigenvalue weighted by atomic mass is 9.91. The van der Waals surface area contributed by atoms with Gasteiger partial charge in [-0.05, 0) is 92.9 Å². The van der Waals surface area contributed by atoms with Crippen LogP contribution in [-0.4, -0.2) is 47.8 Å². The first-order chi connectivity index (χ1) is 21.4. The van der Waals surface area contributed by atoms with Crippen LogP contribution in [0, 0.1) is 25.1 Å². The van der Waals surface area contributed by atoms with E-state index in [9.17, 15) is 17.6 Å². The second-order valence-corrected chi connectivity index (χ2v) is 9.78. The number of benzene rings is 2. The molecule has 5 nitrogen and oxygen atoms in total. The van der Waals surface area contributed by atoms with Crippen molar-refractivity contribution in [3.05, 3.63) is 89.0 Å². The zero-order chi connectivity index (χ0) is 34.2. The molecule has 0 radical (unpaired) electrons. The number of nitrogens with two attached hydrogens (primary N) is 1. The van der Waals surface area contributed by atoms with Crippen LogP contribution in [0.3, 0.4) is 0 Å². The van der Waals surface area contributed by atoms with Crippen LogP contribution >= 0.6 is 0 Å². The number of hydrogen-bond donors (Lipinski definition) is 1. The minimum absolute atomic E-state index is 0. The Labute approximate surface area is 272 Å². The number of hydrogen-bond acceptors (Lipinski definition) is 4. The first-order valence-electron chi connectivity index (χ1n) is 14.9. The van der Waals surface area contributed by atoms with Crippen molar-refractivity contribution in [2.24, 2.45) is 5.73 Å². The van der Waals surface area contributed by atoms with Gasteiger partial charge < -0.3 is 10.5 Å². The van der Waals surface area contributed by atoms with E-state index >= 15 is 0 Å². The van der Waals surface area contributed by atoms with Crippen molar-refractivity contribution in [3.63, 3.8) is 0 Å². The van der Waals surface area contributed by atoms with Gasteiger partial charge in [0.1, 0.15) is 24.9 Å². The van der Waals surface area contributed by atoms with Crippen LogP contribution < -0.4 is 10.5 Å². The number of fused-ring (bicyclic) bond motifs is 1. The maximum absolute atomic E-state index is 13.5. The molecule has 250 valence electrons. The van der Waals surface area contributed by atoms with E-state index in [2.05, 4.69) is 47.7 Å². The van der Waals surface area contributed by atoms with Gasteiger partial charge in [-0.1, -0.05) is 41.2 Å². The van der Waals surface area contributed by atoms with Crippen LogP contribution in [0.2, 0.25) is 0 Å². The Morgan fingerprint density at radius 2 is 1.70 bits per heavy atom. The first-order valence-corrected chi connectivity index (χ1v) is 14.9. The highest BCUT2D eigenvalue weighted by molar-refractivity contribution is 5.91. The third kappa shape index (κ3) is 12.6. The molecule has 0 aliphatic heterocycles. The Morgan fingerprint density at radius 1 is 1.09 bits per heavy atom. The van der Waals surface area contributed by atoms with Crippen molar-refractivity contribution in [2.45, 2.75) is 74.1 Å². The number of rotatable bonds is 8. The van der Waals surface area contributed by atoms with Gasteiger partial charge in [-0.25, -0.2) is 8.97 Å². The maximum atomic E-state index is 13.5. The van der Waals surface area contributed by atoms with Crippen LogP contribution in [0.15, 0.2) is 60.8 Å². The van der Waals surface area contributed by atoms with Gasteiger partial charge in [0.2, 0.25) is 0 Å². The maximum Gasteiger partial charge on any atom is 0.573 e. The van der Waals surface area contributed by atoms with E-state index in [0.717, 1.165) is 28.9 Å². The van der Waals surface area contributed by atoms with Crippen molar-refractivity contribution >= 4 is 17.1 Å². The summed E-state index contributed by atoms with van der Waals surface area (Å²) < 4.78 is 58.7. The van der Waals surface area contributed by atoms with Gasteiger partial charge in [-0.15, -0.1) is 25.5 Å². The minimum atomic E-state index is -4.82. The van der Waals surface area contributed by atoms with Crippen LogP contribution in [0.1, 0.15) is 76.8 Å². The molecule has 9 heteroatoms. The molecule has 4 rings (SSSR count). The standard InChI is InChI=1S/C30H30F4N3O.C3H4.C2H6.CH5N.CH4/c1-5-19(2)26-17-25(36-28(20(26)3)22-8-10-24(31)11-9-22)12-14-37(4)18-21-15-23-7-6-13-35-29(23)27(16-21)38-30(32,33)34;1-3-2;2*1-2;/h6-11,13,15-19H,5,12,14H2,1-4H3;1H,2H3;1-2H3;2H2,1H3;1H4/q+1;;;;. The van der Waals surface area contributed by atoms with Crippen molar-refractivity contribution in [1.29, 1.82) is 0 Å². The summed E-state index contributed by atoms with van der Waals surface area (Å²) in [5, 5.41) is 0.552. The molecule has 0 saturated carbocycles. The molecule has 0 bridgehead atoms. The van der Waals surface area contributed by atoms with E-state index in [1.54, 1.807) is 43.5 Å². The average molecular weight is 642 g/mol. The van der Waals surface area contributed by atoms with Crippen LogP contribution in [-0.2, 0) is 6.42 Å². The number of nitrogens with zero attached hydrogens (tertiary/aromatic N) is 3. The molecule has 2 heterocycles. The Hall–Kier alpha value is -4.29. The molecule has 4 aromatic rings. The van der Waals surface area contributed by atoms with E-state index in [0.29, 0.717) is 29.8 Å². The smallest absolute Gasteiger partial charge is 0.403 e. The Morgan fingerprint density at radius 3 is 2.26 bits per heavy atom. The molecule has 0 aliphatic rings. The SMILES string of the molecule is C.C#CC.CC.CCC(C)c1cc(CC[N+](C)=Cc2cc(OC(F)(F)F)c3ncccc3c2)nc(-c2ccc(F)cc2)c1C.CN. The Kier molecular flexibility index (Phi) is 18.8. The van der Waals surface area contributed by atoms with Crippen molar-refractivity contribution in [3.8, 4) is 29.4 Å². The summed E-state index contributed by atoms with van der Waals surface area (Å²) in [5.41, 5.74) is 10.1. The van der Waals surface area contributed by atoms with Crippen molar-refractivity contribution in [2.75, 3.05) is 20.6 Å². The summed E-state index contributed by atoms with van der Waals surface area (Å²) >= 11 is 0. The highest BCUT2D eigenvalue weighted by Gasteiger charge is 2.32. The highest BCUT2D eigenvalue weighted by Crippen LogP contribution is 2.32. The molecule has 1 unspecified atom stereocenters. The number of ether oxygens (including phenoxy) is 1. The third-order valence-corrected chi connectivity index (χ3v) is 6.63. The number of aromatic nitrogens is 2. The van der Waals surface area contributed by atoms with Crippen LogP contribution in [0.5, 0.6) is 5.75 Å². The van der Waals surface area contributed by atoms with Crippen molar-refractivity contribution < 1.29 is 26.9 Å². The molecule has 2 N–H and O–H groups in total. The van der Waals surface area contributed by atoms with Crippen LogP contribution in [0.4, 0.5) is 17.6 Å². The molecule has 46 heavy (non-hydrogen) atoms. The average Bonchev–Trinajstić information content (AvgIpc) is 3.02. The van der Waals surface area contributed by atoms with Gasteiger partial charge in [0.05, 0.1) is 5.69 Å². The van der Waals surface area contributed by atoms with Gasteiger partial charge in [0.25, 0.3) is 0 Å². The summed E-state index contributed by atoms with van der Waals surface area (Å²) in [4.78, 5) is 8.96. The fourth-order valence-electron chi connectivity index (χ4n) is 4.50. The van der Waals surface area contributed by atoms with Gasteiger partial charge in [0, 0.05) is 34.8 Å². The fraction of sp³-hybridized carbons (Fsp3) is 0.378. The molecule has 2 aromatic heterocycles. The Bertz CT molecular complexity index is 1560. The second kappa shape index (κ2) is 20.7. The molecular weight excluding hydrogens is 592 g/mol. The van der Waals surface area contributed by atoms with Crippen LogP contribution in [0.25, 0.3) is 22.2 Å². The van der Waals surface area contributed by atoms with E-state index in [1.165, 1.54) is 37.0 Å². The normalized spacial score (nSPS) is 11.3. The lowest BCUT2D eigenvalue weighted by molar-refractivity contribution is -0.491. The topological polar surface area (TPSA) is 64.0 Å². The molecule has 1 atom stereocenters. The first kappa shape index (κ1) is 41.7. The number of alkyl halides is 3. The van der Waals surface area contributed by atoms with Crippen molar-refractivity contribution in [1.82, 2.24) is 9.97 Å². The minimum Gasteiger partial charge on any atom is -0.403 e. The molecule has 0 fully saturated rings. The summed E-state index contributed by atoms with van der Waals surface area (Å²) in [6.07, 6.45) is 4.58. The predicted octanol–water partition coefficient (Wildman–Crippen LogP) is 9.34. The number of likely N-dealkylation sites (N-methyl/N-ethyl adjacent to an activating group) is 1. The fourth-order valence-corrected chi connectivity index (χ4v) is 4.50. The monoisotopic (exact) mass is 641 g/mol. The van der Waals surface area contributed by atoms with E-state index in [1.807, 2.05) is 32.4 Å². The lowest BCUT2D eigenvalue weighted by Gasteiger charge is -2.18. The summed E-state index contributed by atoms with van der Waals surface area (Å²) in [7, 11) is 3.36. The highest BCUT2D eigenvalue weighted by atomic mass is 19.4. The quantitative estimate of drug-likeness (QED) is 0.0902. The molecule has 2 aromatic carbocycles. The van der Waals surface area contributed by atoms with E-state index < -0.39 is 6.36 Å². The zero-order valence-electron chi connectivity index (χ0n) is 27.5. The second-order valence-electron chi connectivity index (χ2n) is 9.78. The largest absolute Gasteiger partial charge is 0.573 e. The number of halogens is 4. The molecule has 0 saturated heterocycles. The summed E-state index contributed by atoms with van der Waals surface area (Å²) in [6.45, 7) is 12.6. The molecule has 0 aliphatic carbocycles. The number of terminal acetylenes is 1. The van der Waals surface area contributed by atoms with E-state index in [-0.39, 0.29) is 24.5 Å².